The summed E-state index contributed by atoms with van der Waals surface area (Å²) >= 11 is 0. The van der Waals surface area contributed by atoms with Gasteiger partial charge >= 0.3 is 5.97 Å². The molecule has 0 aliphatic carbocycles. The summed E-state index contributed by atoms with van der Waals surface area (Å²) in [5.41, 5.74) is 6.16. The van der Waals surface area contributed by atoms with Crippen molar-refractivity contribution in [2.24, 2.45) is 5.73 Å². The number of rotatable bonds is 4. The van der Waals surface area contributed by atoms with Crippen molar-refractivity contribution in [2.75, 3.05) is 0 Å². The molecule has 0 amide bonds. The lowest BCUT2D eigenvalue weighted by Gasteiger charge is -2.03. The molecule has 2 rings (SSSR count). The Hall–Kier alpha value is -2.12. The second kappa shape index (κ2) is 6.72. The van der Waals surface area contributed by atoms with Crippen LogP contribution in [-0.4, -0.2) is 37.5 Å². The maximum absolute atomic E-state index is 10.6. The van der Waals surface area contributed by atoms with Crippen LogP contribution in [0.4, 0.5) is 0 Å². The van der Waals surface area contributed by atoms with E-state index >= 15 is 0 Å². The first kappa shape index (κ1) is 14.9. The summed E-state index contributed by atoms with van der Waals surface area (Å²) in [4.78, 5) is 10.6. The van der Waals surface area contributed by atoms with Gasteiger partial charge < -0.3 is 10.8 Å². The van der Waals surface area contributed by atoms with E-state index in [0.717, 1.165) is 5.56 Å². The zero-order valence-corrected chi connectivity index (χ0v) is 10.6. The molecule has 0 spiro atoms. The zero-order chi connectivity index (χ0) is 13.0. The van der Waals surface area contributed by atoms with Crippen LogP contribution in [0.1, 0.15) is 5.82 Å². The van der Waals surface area contributed by atoms with Gasteiger partial charge in [-0.2, -0.15) is 0 Å². The number of carbonyl (C=O) groups is 1. The minimum absolute atomic E-state index is 0. The van der Waals surface area contributed by atoms with E-state index in [-0.39, 0.29) is 24.7 Å². The van der Waals surface area contributed by atoms with Gasteiger partial charge in [0.25, 0.3) is 0 Å². The van der Waals surface area contributed by atoms with Crippen molar-refractivity contribution in [1.29, 1.82) is 0 Å². The maximum Gasteiger partial charge on any atom is 0.320 e. The number of nitrogens with two attached hydrogens (primary N) is 1. The molecule has 0 saturated carbocycles. The average molecular weight is 282 g/mol. The van der Waals surface area contributed by atoms with Crippen LogP contribution in [0.25, 0.3) is 11.4 Å². The molecule has 8 heteroatoms. The summed E-state index contributed by atoms with van der Waals surface area (Å²) in [6.07, 6.45) is 0.00437. The maximum atomic E-state index is 10.6. The van der Waals surface area contributed by atoms with E-state index in [1.165, 1.54) is 0 Å². The fourth-order valence-electron chi connectivity index (χ4n) is 1.32. The molecule has 0 bridgehead atoms. The van der Waals surface area contributed by atoms with E-state index in [9.17, 15) is 4.79 Å². The van der Waals surface area contributed by atoms with Crippen LogP contribution in [-0.2, 0) is 11.2 Å². The SMILES string of the molecule is Cl.N[C@@H](Cc1nnc(-c2ccccc2)nn1)C(=O)O. The number of aromatic nitrogens is 4. The molecule has 7 nitrogen and oxygen atoms in total. The molecular weight excluding hydrogens is 270 g/mol. The normalized spacial score (nSPS) is 11.4. The molecule has 0 unspecified atom stereocenters. The molecule has 0 aliphatic heterocycles. The molecule has 1 aromatic heterocycles. The first-order valence-electron chi connectivity index (χ1n) is 5.27. The molecule has 0 saturated heterocycles. The van der Waals surface area contributed by atoms with Crippen molar-refractivity contribution in [3.05, 3.63) is 36.2 Å². The summed E-state index contributed by atoms with van der Waals surface area (Å²) in [7, 11) is 0. The summed E-state index contributed by atoms with van der Waals surface area (Å²) in [5.74, 6) is -0.501. The van der Waals surface area contributed by atoms with Gasteiger partial charge in [-0.3, -0.25) is 4.79 Å². The summed E-state index contributed by atoms with van der Waals surface area (Å²) in [6.45, 7) is 0. The molecular formula is C11H12ClN5O2. The summed E-state index contributed by atoms with van der Waals surface area (Å²) in [5, 5.41) is 24.1. The molecule has 2 aromatic rings. The Bertz CT molecular complexity index is 535. The Labute approximate surface area is 115 Å². The van der Waals surface area contributed by atoms with E-state index in [1.807, 2.05) is 30.3 Å². The Morgan fingerprint density at radius 1 is 1.16 bits per heavy atom. The lowest BCUT2D eigenvalue weighted by Crippen LogP contribution is -2.33. The standard InChI is InChI=1S/C11H11N5O2.ClH/c12-8(11(17)18)6-9-13-15-10(16-14-9)7-4-2-1-3-5-7;/h1-5,8H,6,12H2,(H,17,18);1H/t8-;/m0./s1. The summed E-state index contributed by atoms with van der Waals surface area (Å²) in [6, 6.07) is 8.21. The third-order valence-corrected chi connectivity index (χ3v) is 2.27. The average Bonchev–Trinajstić information content (AvgIpc) is 2.40. The van der Waals surface area contributed by atoms with Gasteiger partial charge in [-0.25, -0.2) is 0 Å². The quantitative estimate of drug-likeness (QED) is 0.828. The van der Waals surface area contributed by atoms with Crippen molar-refractivity contribution in [1.82, 2.24) is 20.4 Å². The lowest BCUT2D eigenvalue weighted by atomic mass is 10.2. The number of carboxylic acids is 1. The number of nitrogens with zero attached hydrogens (tertiary/aromatic N) is 4. The molecule has 1 aromatic carbocycles. The smallest absolute Gasteiger partial charge is 0.320 e. The van der Waals surface area contributed by atoms with Crippen LogP contribution in [0, 0.1) is 0 Å². The van der Waals surface area contributed by atoms with Gasteiger partial charge in [0, 0.05) is 12.0 Å². The van der Waals surface area contributed by atoms with Gasteiger partial charge in [0.15, 0.2) is 5.82 Å². The van der Waals surface area contributed by atoms with Crippen LogP contribution >= 0.6 is 12.4 Å². The second-order valence-electron chi connectivity index (χ2n) is 3.65. The number of benzene rings is 1. The van der Waals surface area contributed by atoms with Crippen LogP contribution in [0.15, 0.2) is 30.3 Å². The molecule has 0 radical (unpaired) electrons. The van der Waals surface area contributed by atoms with Gasteiger partial charge in [-0.05, 0) is 0 Å². The van der Waals surface area contributed by atoms with Crippen molar-refractivity contribution in [2.45, 2.75) is 12.5 Å². The Kier molecular flexibility index (Phi) is 5.28. The Balaban J connectivity index is 0.00000180. The number of aliphatic carboxylic acids is 1. The monoisotopic (exact) mass is 281 g/mol. The molecule has 3 N–H and O–H groups in total. The molecule has 1 heterocycles. The van der Waals surface area contributed by atoms with Crippen molar-refractivity contribution >= 4 is 18.4 Å². The highest BCUT2D eigenvalue weighted by Gasteiger charge is 2.14. The highest BCUT2D eigenvalue weighted by molar-refractivity contribution is 5.85. The first-order valence-corrected chi connectivity index (χ1v) is 5.27. The van der Waals surface area contributed by atoms with E-state index in [0.29, 0.717) is 5.82 Å². The van der Waals surface area contributed by atoms with Gasteiger partial charge in [-0.1, -0.05) is 30.3 Å². The van der Waals surface area contributed by atoms with Gasteiger partial charge in [-0.15, -0.1) is 32.8 Å². The summed E-state index contributed by atoms with van der Waals surface area (Å²) < 4.78 is 0. The van der Waals surface area contributed by atoms with Gasteiger partial charge in [0.05, 0.1) is 0 Å². The van der Waals surface area contributed by atoms with Crippen molar-refractivity contribution in [3.63, 3.8) is 0 Å². The predicted octanol–water partition coefficient (Wildman–Crippen LogP) is 0.310. The number of hydrogen-bond donors (Lipinski definition) is 2. The topological polar surface area (TPSA) is 115 Å². The van der Waals surface area contributed by atoms with E-state index < -0.39 is 12.0 Å². The van der Waals surface area contributed by atoms with Crippen molar-refractivity contribution in [3.8, 4) is 11.4 Å². The van der Waals surface area contributed by atoms with Crippen LogP contribution in [0.5, 0.6) is 0 Å². The molecule has 100 valence electrons. The van der Waals surface area contributed by atoms with Gasteiger partial charge in [0.1, 0.15) is 6.04 Å². The van der Waals surface area contributed by atoms with E-state index in [2.05, 4.69) is 20.4 Å². The fraction of sp³-hybridized carbons (Fsp3) is 0.182. The van der Waals surface area contributed by atoms with E-state index in [1.54, 1.807) is 0 Å². The minimum Gasteiger partial charge on any atom is -0.480 e. The first-order chi connectivity index (χ1) is 8.66. The minimum atomic E-state index is -1.11. The van der Waals surface area contributed by atoms with E-state index in [4.69, 9.17) is 10.8 Å². The van der Waals surface area contributed by atoms with Crippen LogP contribution < -0.4 is 5.73 Å². The van der Waals surface area contributed by atoms with Crippen molar-refractivity contribution < 1.29 is 9.90 Å². The fourth-order valence-corrected chi connectivity index (χ4v) is 1.32. The Morgan fingerprint density at radius 3 is 2.26 bits per heavy atom. The molecule has 0 fully saturated rings. The largest absolute Gasteiger partial charge is 0.480 e. The van der Waals surface area contributed by atoms with Crippen LogP contribution in [0.2, 0.25) is 0 Å². The Morgan fingerprint density at radius 2 is 1.74 bits per heavy atom. The second-order valence-corrected chi connectivity index (χ2v) is 3.65. The van der Waals surface area contributed by atoms with Crippen LogP contribution in [0.3, 0.4) is 0 Å². The molecule has 19 heavy (non-hydrogen) atoms. The highest BCUT2D eigenvalue weighted by Crippen LogP contribution is 2.11. The highest BCUT2D eigenvalue weighted by atomic mass is 35.5. The third kappa shape index (κ3) is 3.94. The zero-order valence-electron chi connectivity index (χ0n) is 9.80. The third-order valence-electron chi connectivity index (χ3n) is 2.27. The molecule has 1 atom stereocenters. The number of carboxylic acid groups (broad SMARTS) is 1. The number of halogens is 1. The lowest BCUT2D eigenvalue weighted by molar-refractivity contribution is -0.138. The predicted molar refractivity (Wildman–Crippen MR) is 69.6 cm³/mol. The number of hydrogen-bond acceptors (Lipinski definition) is 6. The molecule has 0 aliphatic rings. The van der Waals surface area contributed by atoms with Gasteiger partial charge in [0.2, 0.25) is 5.82 Å².